The van der Waals surface area contributed by atoms with Crippen LogP contribution in [-0.4, -0.2) is 5.91 Å². The summed E-state index contributed by atoms with van der Waals surface area (Å²) in [4.78, 5) is 11.5. The fourth-order valence-corrected chi connectivity index (χ4v) is 1.00. The molecule has 1 amide bonds. The number of rotatable bonds is 2. The number of hydrogen-bond donors (Lipinski definition) is 1. The van der Waals surface area contributed by atoms with Gasteiger partial charge in [0.25, 0.3) is 0 Å². The number of amides is 1. The van der Waals surface area contributed by atoms with Crippen LogP contribution in [0.15, 0.2) is 6.07 Å². The summed E-state index contributed by atoms with van der Waals surface area (Å²) >= 11 is 0. The highest BCUT2D eigenvalue weighted by atomic mass is 19.2. The average molecular weight is 260 g/mol. The maximum absolute atomic E-state index is 13.2. The van der Waals surface area contributed by atoms with Crippen molar-refractivity contribution in [3.8, 4) is 6.07 Å². The number of nitrogens with one attached hydrogen (secondary N) is 1. The molecule has 0 unspecified atom stereocenters. The second kappa shape index (κ2) is 4.64. The smallest absolute Gasteiger partial charge is 0.244 e. The van der Waals surface area contributed by atoms with Crippen molar-refractivity contribution in [2.24, 2.45) is 5.41 Å². The van der Waals surface area contributed by atoms with Crippen molar-refractivity contribution in [1.82, 2.24) is 0 Å². The zero-order chi connectivity index (χ0) is 14.1. The predicted octanol–water partition coefficient (Wildman–Crippen LogP) is 2.73. The number of nitrogens with zero attached hydrogens (tertiary/aromatic N) is 1. The lowest BCUT2D eigenvalue weighted by Crippen LogP contribution is -2.30. The molecule has 0 radical (unpaired) electrons. The first kappa shape index (κ1) is 14.0. The Bertz CT molecular complexity index is 523. The summed E-state index contributed by atoms with van der Waals surface area (Å²) in [5, 5.41) is 10.3. The molecule has 0 aliphatic carbocycles. The Morgan fingerprint density at radius 2 is 1.67 bits per heavy atom. The fraction of sp³-hybridized carbons (Fsp3) is 0.273. The van der Waals surface area contributed by atoms with Crippen LogP contribution in [0.5, 0.6) is 0 Å². The number of hydrogen-bond acceptors (Lipinski definition) is 2. The van der Waals surface area contributed by atoms with Crippen LogP contribution in [0.3, 0.4) is 0 Å². The first-order valence-electron chi connectivity index (χ1n) is 4.76. The Balaban J connectivity index is 3.22. The molecule has 0 heterocycles. The summed E-state index contributed by atoms with van der Waals surface area (Å²) in [5.74, 6) is -7.81. The SMILES string of the molecule is CC(C)(C#N)C(=O)Nc1c(F)c(F)cc(F)c1F. The van der Waals surface area contributed by atoms with E-state index in [0.717, 1.165) is 0 Å². The molecule has 0 aliphatic heterocycles. The Labute approximate surface area is 100 Å². The molecule has 0 atom stereocenters. The summed E-state index contributed by atoms with van der Waals surface area (Å²) in [6.45, 7) is 2.38. The first-order chi connectivity index (χ1) is 8.20. The van der Waals surface area contributed by atoms with E-state index in [-0.39, 0.29) is 6.07 Å². The summed E-state index contributed by atoms with van der Waals surface area (Å²) < 4.78 is 52.1. The number of carbonyl (C=O) groups is 1. The van der Waals surface area contributed by atoms with Gasteiger partial charge in [0, 0.05) is 6.07 Å². The first-order valence-corrected chi connectivity index (χ1v) is 4.76. The summed E-state index contributed by atoms with van der Waals surface area (Å²) in [7, 11) is 0. The normalized spacial score (nSPS) is 10.9. The van der Waals surface area contributed by atoms with E-state index >= 15 is 0 Å². The zero-order valence-electron chi connectivity index (χ0n) is 9.44. The summed E-state index contributed by atoms with van der Waals surface area (Å²) in [6, 6.07) is 1.61. The number of benzene rings is 1. The second-order valence-corrected chi connectivity index (χ2v) is 4.03. The molecule has 3 nitrogen and oxygen atoms in total. The lowest BCUT2D eigenvalue weighted by molar-refractivity contribution is -0.121. The van der Waals surface area contributed by atoms with Crippen molar-refractivity contribution in [1.29, 1.82) is 5.26 Å². The predicted molar refractivity (Wildman–Crippen MR) is 54.3 cm³/mol. The Morgan fingerprint density at radius 3 is 2.06 bits per heavy atom. The molecule has 1 N–H and O–H groups in total. The van der Waals surface area contributed by atoms with Crippen LogP contribution >= 0.6 is 0 Å². The summed E-state index contributed by atoms with van der Waals surface area (Å²) in [6.07, 6.45) is 0. The van der Waals surface area contributed by atoms with E-state index in [1.54, 1.807) is 11.4 Å². The molecule has 0 spiro atoms. The van der Waals surface area contributed by atoms with E-state index in [0.29, 0.717) is 0 Å². The molecule has 1 rings (SSSR count). The number of halogens is 4. The van der Waals surface area contributed by atoms with Crippen LogP contribution in [-0.2, 0) is 4.79 Å². The van der Waals surface area contributed by atoms with Crippen molar-refractivity contribution >= 4 is 11.6 Å². The van der Waals surface area contributed by atoms with Gasteiger partial charge in [-0.25, -0.2) is 17.6 Å². The monoisotopic (exact) mass is 260 g/mol. The molecule has 0 bridgehead atoms. The third-order valence-electron chi connectivity index (χ3n) is 2.20. The summed E-state index contributed by atoms with van der Waals surface area (Å²) in [5.41, 5.74) is -2.84. The lowest BCUT2D eigenvalue weighted by Gasteiger charge is -2.16. The van der Waals surface area contributed by atoms with E-state index in [2.05, 4.69) is 0 Å². The van der Waals surface area contributed by atoms with Gasteiger partial charge >= 0.3 is 0 Å². The van der Waals surface area contributed by atoms with Gasteiger partial charge in [-0.1, -0.05) is 0 Å². The molecule has 0 saturated carbocycles. The molecule has 0 saturated heterocycles. The van der Waals surface area contributed by atoms with Crippen LogP contribution in [0, 0.1) is 40.0 Å². The van der Waals surface area contributed by atoms with Crippen LogP contribution in [0.4, 0.5) is 23.2 Å². The van der Waals surface area contributed by atoms with Gasteiger partial charge in [-0.05, 0) is 13.8 Å². The number of anilines is 1. The molecular weight excluding hydrogens is 252 g/mol. The zero-order valence-corrected chi connectivity index (χ0v) is 9.44. The molecule has 1 aromatic rings. The molecule has 0 aliphatic rings. The standard InChI is InChI=1S/C11H8F4N2O/c1-11(2,4-16)10(18)17-9-7(14)5(12)3-6(13)8(9)15/h3H,1-2H3,(H,17,18). The van der Waals surface area contributed by atoms with Gasteiger partial charge in [-0.2, -0.15) is 5.26 Å². The molecular formula is C11H8F4N2O. The fourth-order valence-electron chi connectivity index (χ4n) is 1.00. The number of carbonyl (C=O) groups excluding carboxylic acids is 1. The topological polar surface area (TPSA) is 52.9 Å². The van der Waals surface area contributed by atoms with Crippen LogP contribution in [0.2, 0.25) is 0 Å². The molecule has 18 heavy (non-hydrogen) atoms. The highest BCUT2D eigenvalue weighted by Gasteiger charge is 2.30. The van der Waals surface area contributed by atoms with E-state index < -0.39 is 40.3 Å². The largest absolute Gasteiger partial charge is 0.320 e. The number of nitriles is 1. The Morgan fingerprint density at radius 1 is 1.22 bits per heavy atom. The third kappa shape index (κ3) is 2.42. The highest BCUT2D eigenvalue weighted by molar-refractivity contribution is 5.96. The van der Waals surface area contributed by atoms with Crippen LogP contribution < -0.4 is 5.32 Å². The van der Waals surface area contributed by atoms with Gasteiger partial charge in [0.15, 0.2) is 23.3 Å². The van der Waals surface area contributed by atoms with E-state index in [1.807, 2.05) is 0 Å². The maximum atomic E-state index is 13.2. The van der Waals surface area contributed by atoms with Crippen LogP contribution in [0.25, 0.3) is 0 Å². The van der Waals surface area contributed by atoms with Crippen molar-refractivity contribution in [2.75, 3.05) is 5.32 Å². The maximum Gasteiger partial charge on any atom is 0.244 e. The molecule has 0 aromatic heterocycles. The van der Waals surface area contributed by atoms with Crippen molar-refractivity contribution in [3.05, 3.63) is 29.3 Å². The van der Waals surface area contributed by atoms with Gasteiger partial charge in [0.2, 0.25) is 5.91 Å². The van der Waals surface area contributed by atoms with E-state index in [9.17, 15) is 22.4 Å². The molecule has 1 aromatic carbocycles. The lowest BCUT2D eigenvalue weighted by atomic mass is 9.94. The van der Waals surface area contributed by atoms with Gasteiger partial charge in [0.05, 0.1) is 6.07 Å². The van der Waals surface area contributed by atoms with Gasteiger partial charge in [-0.15, -0.1) is 0 Å². The van der Waals surface area contributed by atoms with Crippen molar-refractivity contribution < 1.29 is 22.4 Å². The van der Waals surface area contributed by atoms with Gasteiger partial charge in [-0.3, -0.25) is 4.79 Å². The van der Waals surface area contributed by atoms with Crippen molar-refractivity contribution in [2.45, 2.75) is 13.8 Å². The minimum absolute atomic E-state index is 0.0236. The molecule has 0 fully saturated rings. The second-order valence-electron chi connectivity index (χ2n) is 4.03. The average Bonchev–Trinajstić information content (AvgIpc) is 2.31. The highest BCUT2D eigenvalue weighted by Crippen LogP contribution is 2.26. The molecule has 96 valence electrons. The Kier molecular flexibility index (Phi) is 3.60. The van der Waals surface area contributed by atoms with E-state index in [4.69, 9.17) is 5.26 Å². The molecule has 7 heteroatoms. The minimum atomic E-state index is -1.73. The Hall–Kier alpha value is -2.10. The quantitative estimate of drug-likeness (QED) is 0.656. The third-order valence-corrected chi connectivity index (χ3v) is 2.20. The van der Waals surface area contributed by atoms with Crippen molar-refractivity contribution in [3.63, 3.8) is 0 Å². The minimum Gasteiger partial charge on any atom is -0.320 e. The van der Waals surface area contributed by atoms with Crippen LogP contribution in [0.1, 0.15) is 13.8 Å². The van der Waals surface area contributed by atoms with Gasteiger partial charge in [0.1, 0.15) is 11.1 Å². The van der Waals surface area contributed by atoms with Gasteiger partial charge < -0.3 is 5.32 Å². The van der Waals surface area contributed by atoms with E-state index in [1.165, 1.54) is 13.8 Å².